The van der Waals surface area contributed by atoms with E-state index in [1.807, 2.05) is 24.3 Å². The second-order valence-corrected chi connectivity index (χ2v) is 6.28. The molecule has 20 heavy (non-hydrogen) atoms. The number of thiazole rings is 1. The van der Waals surface area contributed by atoms with Crippen LogP contribution >= 0.6 is 11.3 Å². The van der Waals surface area contributed by atoms with Crippen molar-refractivity contribution in [1.29, 1.82) is 0 Å². The van der Waals surface area contributed by atoms with Crippen LogP contribution in [0.3, 0.4) is 0 Å². The first-order valence-electron chi connectivity index (χ1n) is 7.06. The molecule has 3 aromatic rings. The standard InChI is InChI=1S/C16H16N2OS/c1-2-6-15-13(5-1)18-16(20-15)14-8-7-12(19-14)10-11-4-3-9-17-11/h1-2,5-8,11,17H,3-4,9-10H2. The van der Waals surface area contributed by atoms with Gasteiger partial charge in [-0.15, -0.1) is 11.3 Å². The quantitative estimate of drug-likeness (QED) is 0.794. The van der Waals surface area contributed by atoms with Crippen LogP contribution < -0.4 is 5.32 Å². The molecule has 3 heterocycles. The number of furan rings is 1. The average molecular weight is 284 g/mol. The number of fused-ring (bicyclic) bond motifs is 1. The molecule has 1 unspecified atom stereocenters. The molecule has 1 aliphatic rings. The van der Waals surface area contributed by atoms with Crippen molar-refractivity contribution >= 4 is 21.6 Å². The van der Waals surface area contributed by atoms with E-state index in [1.54, 1.807) is 11.3 Å². The van der Waals surface area contributed by atoms with E-state index in [0.29, 0.717) is 6.04 Å². The molecule has 0 amide bonds. The van der Waals surface area contributed by atoms with Crippen molar-refractivity contribution in [2.75, 3.05) is 6.54 Å². The van der Waals surface area contributed by atoms with Crippen LogP contribution in [0.2, 0.25) is 0 Å². The van der Waals surface area contributed by atoms with Crippen LogP contribution in [-0.2, 0) is 6.42 Å². The van der Waals surface area contributed by atoms with Crippen molar-refractivity contribution < 1.29 is 4.42 Å². The van der Waals surface area contributed by atoms with E-state index in [1.165, 1.54) is 17.5 Å². The molecule has 0 bridgehead atoms. The minimum Gasteiger partial charge on any atom is -0.459 e. The number of nitrogens with zero attached hydrogens (tertiary/aromatic N) is 1. The largest absolute Gasteiger partial charge is 0.459 e. The predicted octanol–water partition coefficient (Wildman–Crippen LogP) is 3.85. The smallest absolute Gasteiger partial charge is 0.162 e. The molecular weight excluding hydrogens is 268 g/mol. The summed E-state index contributed by atoms with van der Waals surface area (Å²) in [5.74, 6) is 1.94. The molecule has 1 aliphatic heterocycles. The summed E-state index contributed by atoms with van der Waals surface area (Å²) in [5.41, 5.74) is 1.04. The molecule has 1 aromatic carbocycles. The summed E-state index contributed by atoms with van der Waals surface area (Å²) in [5, 5.41) is 4.47. The second kappa shape index (κ2) is 5.04. The monoisotopic (exact) mass is 284 g/mol. The van der Waals surface area contributed by atoms with Gasteiger partial charge in [0.2, 0.25) is 0 Å². The van der Waals surface area contributed by atoms with Crippen molar-refractivity contribution in [2.45, 2.75) is 25.3 Å². The fourth-order valence-electron chi connectivity index (χ4n) is 2.75. The van der Waals surface area contributed by atoms with Gasteiger partial charge in [0.25, 0.3) is 0 Å². The van der Waals surface area contributed by atoms with Gasteiger partial charge in [0, 0.05) is 12.5 Å². The number of rotatable bonds is 3. The van der Waals surface area contributed by atoms with Crippen molar-refractivity contribution in [1.82, 2.24) is 10.3 Å². The molecule has 2 aromatic heterocycles. The molecule has 102 valence electrons. The molecule has 0 radical (unpaired) electrons. The highest BCUT2D eigenvalue weighted by Gasteiger charge is 2.17. The minimum absolute atomic E-state index is 0.573. The van der Waals surface area contributed by atoms with Gasteiger partial charge in [-0.3, -0.25) is 0 Å². The maximum Gasteiger partial charge on any atom is 0.162 e. The number of nitrogens with one attached hydrogen (secondary N) is 1. The molecule has 1 atom stereocenters. The van der Waals surface area contributed by atoms with Gasteiger partial charge in [-0.05, 0) is 43.7 Å². The van der Waals surface area contributed by atoms with Crippen LogP contribution in [0.25, 0.3) is 21.0 Å². The van der Waals surface area contributed by atoms with Crippen LogP contribution in [0.15, 0.2) is 40.8 Å². The zero-order chi connectivity index (χ0) is 13.4. The lowest BCUT2D eigenvalue weighted by molar-refractivity contribution is 0.478. The molecule has 0 saturated carbocycles. The minimum atomic E-state index is 0.573. The van der Waals surface area contributed by atoms with Gasteiger partial charge in [-0.25, -0.2) is 4.98 Å². The van der Waals surface area contributed by atoms with Gasteiger partial charge in [0.1, 0.15) is 5.76 Å². The summed E-state index contributed by atoms with van der Waals surface area (Å²) in [4.78, 5) is 4.64. The highest BCUT2D eigenvalue weighted by Crippen LogP contribution is 2.31. The third-order valence-corrected chi connectivity index (χ3v) is 4.83. The van der Waals surface area contributed by atoms with E-state index >= 15 is 0 Å². The lowest BCUT2D eigenvalue weighted by Crippen LogP contribution is -2.23. The van der Waals surface area contributed by atoms with Gasteiger partial charge in [-0.2, -0.15) is 0 Å². The number of hydrogen-bond acceptors (Lipinski definition) is 4. The summed E-state index contributed by atoms with van der Waals surface area (Å²) in [6, 6.07) is 12.9. The Hall–Kier alpha value is -1.65. The normalized spacial score (nSPS) is 18.9. The van der Waals surface area contributed by atoms with Crippen molar-refractivity contribution in [3.8, 4) is 10.8 Å². The summed E-state index contributed by atoms with van der Waals surface area (Å²) >= 11 is 1.69. The molecule has 1 saturated heterocycles. The van der Waals surface area contributed by atoms with E-state index in [0.717, 1.165) is 35.0 Å². The fourth-order valence-corrected chi connectivity index (χ4v) is 3.68. The fraction of sp³-hybridized carbons (Fsp3) is 0.312. The van der Waals surface area contributed by atoms with Gasteiger partial charge in [0.05, 0.1) is 10.2 Å². The third-order valence-electron chi connectivity index (χ3n) is 3.78. The topological polar surface area (TPSA) is 38.1 Å². The Labute approximate surface area is 121 Å². The maximum atomic E-state index is 5.97. The number of hydrogen-bond donors (Lipinski definition) is 1. The van der Waals surface area contributed by atoms with Crippen LogP contribution in [0.1, 0.15) is 18.6 Å². The first-order chi connectivity index (χ1) is 9.88. The maximum absolute atomic E-state index is 5.97. The molecule has 1 fully saturated rings. The van der Waals surface area contributed by atoms with Gasteiger partial charge >= 0.3 is 0 Å². The van der Waals surface area contributed by atoms with Gasteiger partial charge in [0.15, 0.2) is 10.8 Å². The number of para-hydroxylation sites is 1. The van der Waals surface area contributed by atoms with E-state index in [-0.39, 0.29) is 0 Å². The SMILES string of the molecule is c1ccc2sc(-c3ccc(CC4CCCN4)o3)nc2c1. The highest BCUT2D eigenvalue weighted by atomic mass is 32.1. The zero-order valence-electron chi connectivity index (χ0n) is 11.1. The summed E-state index contributed by atoms with van der Waals surface area (Å²) < 4.78 is 7.18. The van der Waals surface area contributed by atoms with E-state index in [4.69, 9.17) is 4.42 Å². The Balaban J connectivity index is 1.60. The zero-order valence-corrected chi connectivity index (χ0v) is 12.0. The van der Waals surface area contributed by atoms with Crippen LogP contribution in [-0.4, -0.2) is 17.6 Å². The lowest BCUT2D eigenvalue weighted by atomic mass is 10.1. The number of benzene rings is 1. The van der Waals surface area contributed by atoms with Gasteiger partial charge in [-0.1, -0.05) is 12.1 Å². The number of aromatic nitrogens is 1. The second-order valence-electron chi connectivity index (χ2n) is 5.25. The van der Waals surface area contributed by atoms with Crippen LogP contribution in [0.4, 0.5) is 0 Å². The summed E-state index contributed by atoms with van der Waals surface area (Å²) in [6.07, 6.45) is 3.50. The molecule has 1 N–H and O–H groups in total. The highest BCUT2D eigenvalue weighted by molar-refractivity contribution is 7.21. The average Bonchev–Trinajstić information content (AvgIpc) is 3.18. The molecule has 3 nitrogen and oxygen atoms in total. The van der Waals surface area contributed by atoms with Crippen molar-refractivity contribution in [3.05, 3.63) is 42.2 Å². The molecule has 0 spiro atoms. The van der Waals surface area contributed by atoms with Crippen LogP contribution in [0.5, 0.6) is 0 Å². The Morgan fingerprint density at radius 2 is 2.20 bits per heavy atom. The lowest BCUT2D eigenvalue weighted by Gasteiger charge is -2.06. The molecule has 4 rings (SSSR count). The predicted molar refractivity (Wildman–Crippen MR) is 82.1 cm³/mol. The Morgan fingerprint density at radius 1 is 1.25 bits per heavy atom. The van der Waals surface area contributed by atoms with E-state index in [2.05, 4.69) is 22.4 Å². The van der Waals surface area contributed by atoms with Crippen molar-refractivity contribution in [3.63, 3.8) is 0 Å². The Kier molecular flexibility index (Phi) is 3.05. The first-order valence-corrected chi connectivity index (χ1v) is 7.88. The summed E-state index contributed by atoms with van der Waals surface area (Å²) in [7, 11) is 0. The summed E-state index contributed by atoms with van der Waals surface area (Å²) in [6.45, 7) is 1.14. The van der Waals surface area contributed by atoms with E-state index in [9.17, 15) is 0 Å². The molecule has 0 aliphatic carbocycles. The van der Waals surface area contributed by atoms with Crippen LogP contribution in [0, 0.1) is 0 Å². The molecular formula is C16H16N2OS. The van der Waals surface area contributed by atoms with Crippen molar-refractivity contribution in [2.24, 2.45) is 0 Å². The molecule has 4 heteroatoms. The van der Waals surface area contributed by atoms with E-state index < -0.39 is 0 Å². The Morgan fingerprint density at radius 3 is 3.05 bits per heavy atom. The first kappa shape index (κ1) is 12.1. The third kappa shape index (κ3) is 2.25. The Bertz CT molecular complexity index is 692. The van der Waals surface area contributed by atoms with Gasteiger partial charge < -0.3 is 9.73 Å².